The molecule has 0 amide bonds. The molecule has 2 N–H and O–H groups in total. The van der Waals surface area contributed by atoms with Gasteiger partial charge in [-0.2, -0.15) is 10.5 Å². The van der Waals surface area contributed by atoms with E-state index in [0.717, 1.165) is 0 Å². The minimum atomic E-state index is -1.33. The van der Waals surface area contributed by atoms with Crippen molar-refractivity contribution in [3.8, 4) is 35.1 Å². The Labute approximate surface area is 195 Å². The molecule has 34 heavy (non-hydrogen) atoms. The van der Waals surface area contributed by atoms with Gasteiger partial charge in [0.2, 0.25) is 0 Å². The Morgan fingerprint density at radius 3 is 1.44 bits per heavy atom. The van der Waals surface area contributed by atoms with Crippen LogP contribution in [0.4, 0.5) is 0 Å². The van der Waals surface area contributed by atoms with Gasteiger partial charge in [0, 0.05) is 0 Å². The molecule has 0 radical (unpaired) electrons. The van der Waals surface area contributed by atoms with Crippen molar-refractivity contribution in [3.63, 3.8) is 0 Å². The highest BCUT2D eigenvalue weighted by Gasteiger charge is 2.11. The third-order valence-corrected chi connectivity index (χ3v) is 4.30. The first kappa shape index (κ1) is 25.3. The standard InChI is InChI=1S/C24H20N2O8/c1-31-21-11-15(9-17(13-25)23(27)28)3-5-19(21)33-7-8-34-20-6-4-16(12-22(20)32-2)10-18(14-26)24(29)30/h3-6,9-12H,7-8H2,1-2H3,(H,27,28)(H,29,30). The van der Waals surface area contributed by atoms with Gasteiger partial charge in [0.1, 0.15) is 36.5 Å². The van der Waals surface area contributed by atoms with Crippen LogP contribution in [0.25, 0.3) is 12.2 Å². The molecular formula is C24H20N2O8. The van der Waals surface area contributed by atoms with Crippen molar-refractivity contribution in [1.82, 2.24) is 0 Å². The molecule has 174 valence electrons. The van der Waals surface area contributed by atoms with Crippen molar-refractivity contribution >= 4 is 24.1 Å². The smallest absolute Gasteiger partial charge is 0.346 e. The Morgan fingerprint density at radius 1 is 0.765 bits per heavy atom. The Bertz CT molecular complexity index is 1120. The van der Waals surface area contributed by atoms with E-state index in [1.165, 1.54) is 26.4 Å². The number of nitrogens with zero attached hydrogens (tertiary/aromatic N) is 2. The van der Waals surface area contributed by atoms with Crippen molar-refractivity contribution in [2.45, 2.75) is 0 Å². The summed E-state index contributed by atoms with van der Waals surface area (Å²) in [5, 5.41) is 35.7. The molecule has 2 aromatic carbocycles. The fraction of sp³-hybridized carbons (Fsp3) is 0.167. The van der Waals surface area contributed by atoms with Gasteiger partial charge < -0.3 is 29.2 Å². The fourth-order valence-corrected chi connectivity index (χ4v) is 2.71. The summed E-state index contributed by atoms with van der Waals surface area (Å²) in [6.07, 6.45) is 2.44. The molecule has 10 nitrogen and oxygen atoms in total. The van der Waals surface area contributed by atoms with Crippen LogP contribution < -0.4 is 18.9 Å². The lowest BCUT2D eigenvalue weighted by Crippen LogP contribution is -2.10. The number of hydrogen-bond donors (Lipinski definition) is 2. The van der Waals surface area contributed by atoms with Crippen molar-refractivity contribution in [2.75, 3.05) is 27.4 Å². The first-order valence-electron chi connectivity index (χ1n) is 9.64. The molecule has 0 saturated carbocycles. The third kappa shape index (κ3) is 6.77. The van der Waals surface area contributed by atoms with Crippen molar-refractivity contribution < 1.29 is 38.7 Å². The van der Waals surface area contributed by atoms with E-state index in [0.29, 0.717) is 34.1 Å². The molecule has 0 unspecified atom stereocenters. The minimum absolute atomic E-state index is 0.131. The second kappa shape index (κ2) is 12.2. The molecule has 2 aromatic rings. The largest absolute Gasteiger partial charge is 0.493 e. The van der Waals surface area contributed by atoms with Crippen LogP contribution in [-0.4, -0.2) is 49.6 Å². The number of methoxy groups -OCH3 is 2. The zero-order chi connectivity index (χ0) is 25.1. The van der Waals surface area contributed by atoms with Crippen LogP contribution in [0, 0.1) is 22.7 Å². The number of nitriles is 2. The van der Waals surface area contributed by atoms with E-state index >= 15 is 0 Å². The number of hydrogen-bond acceptors (Lipinski definition) is 8. The van der Waals surface area contributed by atoms with Gasteiger partial charge in [-0.1, -0.05) is 12.1 Å². The highest BCUT2D eigenvalue weighted by Crippen LogP contribution is 2.30. The maximum absolute atomic E-state index is 11.0. The molecule has 0 heterocycles. The molecule has 2 rings (SSSR count). The number of carboxylic acid groups (broad SMARTS) is 2. The van der Waals surface area contributed by atoms with Crippen LogP contribution in [0.2, 0.25) is 0 Å². The predicted molar refractivity (Wildman–Crippen MR) is 119 cm³/mol. The first-order chi connectivity index (χ1) is 16.3. The molecule has 10 heteroatoms. The minimum Gasteiger partial charge on any atom is -0.493 e. The lowest BCUT2D eigenvalue weighted by molar-refractivity contribution is -0.133. The first-order valence-corrected chi connectivity index (χ1v) is 9.64. The number of carbonyl (C=O) groups is 2. The summed E-state index contributed by atoms with van der Waals surface area (Å²) < 4.78 is 21.9. The van der Waals surface area contributed by atoms with E-state index in [1.807, 2.05) is 0 Å². The average molecular weight is 464 g/mol. The van der Waals surface area contributed by atoms with Gasteiger partial charge >= 0.3 is 11.9 Å². The molecule has 0 aliphatic rings. The average Bonchev–Trinajstić information content (AvgIpc) is 2.83. The van der Waals surface area contributed by atoms with Gasteiger partial charge in [0.05, 0.1) is 14.2 Å². The number of carboxylic acids is 2. The topological polar surface area (TPSA) is 159 Å². The van der Waals surface area contributed by atoms with E-state index < -0.39 is 23.1 Å². The monoisotopic (exact) mass is 464 g/mol. The molecule has 0 saturated heterocycles. The quantitative estimate of drug-likeness (QED) is 0.287. The molecule has 0 atom stereocenters. The molecule has 0 aliphatic carbocycles. The number of benzene rings is 2. The molecular weight excluding hydrogens is 444 g/mol. The SMILES string of the molecule is COc1cc(C=C(C#N)C(=O)O)ccc1OCCOc1ccc(C=C(C#N)C(=O)O)cc1OC. The molecule has 0 aromatic heterocycles. The number of aliphatic carboxylic acids is 2. The van der Waals surface area contributed by atoms with Crippen molar-refractivity contribution in [3.05, 3.63) is 58.7 Å². The van der Waals surface area contributed by atoms with Gasteiger partial charge in [0.15, 0.2) is 23.0 Å². The fourth-order valence-electron chi connectivity index (χ4n) is 2.71. The maximum Gasteiger partial charge on any atom is 0.346 e. The normalized spacial score (nSPS) is 11.1. The highest BCUT2D eigenvalue weighted by molar-refractivity contribution is 5.97. The Hall–Kier alpha value is -4.96. The zero-order valence-electron chi connectivity index (χ0n) is 18.3. The summed E-state index contributed by atoms with van der Waals surface area (Å²) in [4.78, 5) is 22.0. The van der Waals surface area contributed by atoms with Crippen LogP contribution in [0.1, 0.15) is 11.1 Å². The highest BCUT2D eigenvalue weighted by atomic mass is 16.5. The number of ether oxygens (including phenoxy) is 4. The molecule has 0 fully saturated rings. The number of rotatable bonds is 11. The van der Waals surface area contributed by atoms with E-state index in [1.54, 1.807) is 48.5 Å². The summed E-state index contributed by atoms with van der Waals surface area (Å²) in [5.41, 5.74) is 0.0965. The second-order valence-corrected chi connectivity index (χ2v) is 6.47. The Kier molecular flexibility index (Phi) is 9.06. The van der Waals surface area contributed by atoms with Crippen LogP contribution in [-0.2, 0) is 9.59 Å². The summed E-state index contributed by atoms with van der Waals surface area (Å²) >= 11 is 0. The lowest BCUT2D eigenvalue weighted by Gasteiger charge is -2.14. The Morgan fingerprint density at radius 2 is 1.15 bits per heavy atom. The maximum atomic E-state index is 11.0. The summed E-state index contributed by atoms with van der Waals surface area (Å²) in [5.74, 6) is -1.19. The summed E-state index contributed by atoms with van der Waals surface area (Å²) in [6, 6.07) is 12.6. The zero-order valence-corrected chi connectivity index (χ0v) is 18.3. The van der Waals surface area contributed by atoms with Gasteiger partial charge in [-0.25, -0.2) is 9.59 Å². The van der Waals surface area contributed by atoms with E-state index in [-0.39, 0.29) is 13.2 Å². The van der Waals surface area contributed by atoms with Gasteiger partial charge in [0.25, 0.3) is 0 Å². The van der Waals surface area contributed by atoms with E-state index in [9.17, 15) is 9.59 Å². The summed E-state index contributed by atoms with van der Waals surface area (Å²) in [7, 11) is 2.86. The van der Waals surface area contributed by atoms with E-state index in [2.05, 4.69) is 0 Å². The van der Waals surface area contributed by atoms with Gasteiger partial charge in [-0.15, -0.1) is 0 Å². The summed E-state index contributed by atoms with van der Waals surface area (Å²) in [6.45, 7) is 0.263. The van der Waals surface area contributed by atoms with E-state index in [4.69, 9.17) is 39.7 Å². The van der Waals surface area contributed by atoms with Crippen LogP contribution in [0.3, 0.4) is 0 Å². The second-order valence-electron chi connectivity index (χ2n) is 6.47. The third-order valence-electron chi connectivity index (χ3n) is 4.30. The van der Waals surface area contributed by atoms with Crippen LogP contribution in [0.15, 0.2) is 47.5 Å². The van der Waals surface area contributed by atoms with Crippen LogP contribution >= 0.6 is 0 Å². The van der Waals surface area contributed by atoms with Crippen molar-refractivity contribution in [2.24, 2.45) is 0 Å². The Balaban J connectivity index is 2.05. The lowest BCUT2D eigenvalue weighted by atomic mass is 10.1. The molecule has 0 aliphatic heterocycles. The van der Waals surface area contributed by atoms with Crippen molar-refractivity contribution in [1.29, 1.82) is 10.5 Å². The van der Waals surface area contributed by atoms with Gasteiger partial charge in [-0.05, 0) is 47.5 Å². The van der Waals surface area contributed by atoms with Crippen LogP contribution in [0.5, 0.6) is 23.0 Å². The van der Waals surface area contributed by atoms with Gasteiger partial charge in [-0.3, -0.25) is 0 Å². The molecule has 0 spiro atoms. The predicted octanol–water partition coefficient (Wildman–Crippen LogP) is 3.14. The molecule has 0 bridgehead atoms.